The van der Waals surface area contributed by atoms with Gasteiger partial charge in [0, 0.05) is 24.4 Å². The Kier molecular flexibility index (Phi) is 16.8. The van der Waals surface area contributed by atoms with E-state index in [-0.39, 0.29) is 50.8 Å². The summed E-state index contributed by atoms with van der Waals surface area (Å²) in [6.07, 6.45) is -4.12. The van der Waals surface area contributed by atoms with Crippen LogP contribution in [0.5, 0.6) is 0 Å². The van der Waals surface area contributed by atoms with Crippen LogP contribution in [0.25, 0.3) is 11.1 Å². The molecule has 2 unspecified atom stereocenters. The number of nitrogens with one attached hydrogen (secondary N) is 1. The number of esters is 1. The Bertz CT molecular complexity index is 1800. The first-order chi connectivity index (χ1) is 28.8. The van der Waals surface area contributed by atoms with Gasteiger partial charge in [0.25, 0.3) is 0 Å². The Morgan fingerprint density at radius 1 is 1.07 bits per heavy atom. The van der Waals surface area contributed by atoms with Crippen LogP contribution in [0.1, 0.15) is 80.2 Å². The number of ether oxygens (including phenoxy) is 6. The van der Waals surface area contributed by atoms with Crippen LogP contribution in [0.4, 0.5) is 4.79 Å². The molecule has 0 spiro atoms. The van der Waals surface area contributed by atoms with Crippen molar-refractivity contribution in [3.63, 3.8) is 0 Å². The van der Waals surface area contributed by atoms with E-state index in [1.807, 2.05) is 89.3 Å². The Hall–Kier alpha value is -3.18. The summed E-state index contributed by atoms with van der Waals surface area (Å²) in [5, 5.41) is 43.1. The second-order valence-corrected chi connectivity index (χ2v) is 19.0. The number of nitrogens with zero attached hydrogens (tertiary/aromatic N) is 1. The summed E-state index contributed by atoms with van der Waals surface area (Å²) in [6.45, 7) is 19.1. The molecule has 14 atom stereocenters. The molecule has 1 aromatic heterocycles. The van der Waals surface area contributed by atoms with E-state index < -0.39 is 77.8 Å². The zero-order valence-corrected chi connectivity index (χ0v) is 38.5. The Labute approximate surface area is 366 Å². The fourth-order valence-corrected chi connectivity index (χ4v) is 10.2. The molecule has 4 N–H and O–H groups in total. The largest absolute Gasteiger partial charge is 0.459 e. The smallest absolute Gasteiger partial charge is 0.407 e. The van der Waals surface area contributed by atoms with E-state index in [1.165, 1.54) is 0 Å². The van der Waals surface area contributed by atoms with Crippen molar-refractivity contribution in [2.75, 3.05) is 33.9 Å². The van der Waals surface area contributed by atoms with Gasteiger partial charge in [0.1, 0.15) is 24.4 Å². The summed E-state index contributed by atoms with van der Waals surface area (Å²) in [6, 6.07) is 9.77. The molecular formula is C47H70N2O11S. The van der Waals surface area contributed by atoms with Gasteiger partial charge < -0.3 is 54.0 Å². The number of thiophene rings is 1. The third-order valence-corrected chi connectivity index (χ3v) is 13.7. The number of carbonyl (C=O) groups is 2. The number of aliphatic hydroxyl groups excluding tert-OH is 2. The van der Waals surface area contributed by atoms with Gasteiger partial charge in [-0.25, -0.2) is 4.79 Å². The zero-order valence-electron chi connectivity index (χ0n) is 37.7. The highest BCUT2D eigenvalue weighted by Crippen LogP contribution is 2.43. The number of rotatable bonds is 9. The first kappa shape index (κ1) is 48.8. The molecule has 2 bridgehead atoms. The van der Waals surface area contributed by atoms with Crippen LogP contribution in [0.2, 0.25) is 0 Å². The predicted molar refractivity (Wildman–Crippen MR) is 235 cm³/mol. The molecule has 3 aliphatic heterocycles. The van der Waals surface area contributed by atoms with Gasteiger partial charge >= 0.3 is 12.1 Å². The van der Waals surface area contributed by atoms with Crippen molar-refractivity contribution in [2.45, 2.75) is 141 Å². The van der Waals surface area contributed by atoms with Crippen LogP contribution in [-0.4, -0.2) is 126 Å². The van der Waals surface area contributed by atoms with Crippen molar-refractivity contribution in [2.24, 2.45) is 23.7 Å². The fraction of sp³-hybridized carbons (Fsp3) is 0.660. The summed E-state index contributed by atoms with van der Waals surface area (Å²) >= 11 is 1.62. The molecule has 3 fully saturated rings. The third-order valence-electron chi connectivity index (χ3n) is 13.0. The van der Waals surface area contributed by atoms with Gasteiger partial charge in [-0.15, -0.1) is 0 Å². The lowest BCUT2D eigenvalue weighted by Crippen LogP contribution is -2.60. The van der Waals surface area contributed by atoms with Crippen LogP contribution in [0.15, 0.2) is 64.9 Å². The summed E-state index contributed by atoms with van der Waals surface area (Å²) in [4.78, 5) is 29.0. The van der Waals surface area contributed by atoms with E-state index in [2.05, 4.69) is 23.3 Å². The van der Waals surface area contributed by atoms with Crippen molar-refractivity contribution in [1.29, 1.82) is 0 Å². The second kappa shape index (κ2) is 21.0. The van der Waals surface area contributed by atoms with Crippen LogP contribution in [0, 0.1) is 23.7 Å². The lowest BCUT2D eigenvalue weighted by molar-refractivity contribution is -0.303. The number of cyclic esters (lactones) is 1. The van der Waals surface area contributed by atoms with Crippen LogP contribution >= 0.6 is 11.3 Å². The maximum Gasteiger partial charge on any atom is 0.407 e. The highest BCUT2D eigenvalue weighted by atomic mass is 32.1. The van der Waals surface area contributed by atoms with E-state index in [9.17, 15) is 24.9 Å². The van der Waals surface area contributed by atoms with E-state index in [0.29, 0.717) is 18.4 Å². The average Bonchev–Trinajstić information content (AvgIpc) is 3.76. The Balaban J connectivity index is 1.52. The van der Waals surface area contributed by atoms with Crippen molar-refractivity contribution in [3.05, 3.63) is 70.5 Å². The van der Waals surface area contributed by atoms with Crippen molar-refractivity contribution in [3.8, 4) is 11.1 Å². The molecule has 0 aliphatic carbocycles. The van der Waals surface area contributed by atoms with Crippen molar-refractivity contribution in [1.82, 2.24) is 10.2 Å². The summed E-state index contributed by atoms with van der Waals surface area (Å²) in [7, 11) is 3.80. The second-order valence-electron chi connectivity index (χ2n) is 18.2. The molecule has 1 amide bonds. The van der Waals surface area contributed by atoms with Gasteiger partial charge in [-0.1, -0.05) is 58.0 Å². The molecule has 0 saturated carbocycles. The maximum atomic E-state index is 13.9. The van der Waals surface area contributed by atoms with Crippen LogP contribution < -0.4 is 5.32 Å². The maximum absolute atomic E-state index is 13.9. The third kappa shape index (κ3) is 11.7. The first-order valence-electron chi connectivity index (χ1n) is 21.7. The number of aliphatic hydroxyl groups is 3. The standard InChI is InChI=1S/C47H70N2O11S/c1-12-38-47(9,54)42-30(5)36(16-18-55-45(53)48-23-33-14-13-15-34(21-33)35-17-19-61-26-35)28(3)22-46(8,57-25-27(2)24-56-42)41(31(6)39(50)32(7)43(52)59-38)60-44-40(51)37(49(10)11)20-29(4)58-44/h13-17,19,21,26,28-32,37-42,44,50-51,54H,2,12,18,20,22-25H2,1,3-11H3,(H,48,53)/b36-16+/t28-,29-,30+,31+,32-,37+,38-,39+,40-,41-,42?,44?,46-,47-/m1/s1. The van der Waals surface area contributed by atoms with Gasteiger partial charge in [-0.2, -0.15) is 11.3 Å². The molecule has 340 valence electrons. The molecule has 14 heteroatoms. The monoisotopic (exact) mass is 870 g/mol. The fourth-order valence-electron chi connectivity index (χ4n) is 9.50. The molecule has 1 aromatic carbocycles. The topological polar surface area (TPSA) is 165 Å². The molecular weight excluding hydrogens is 801 g/mol. The Morgan fingerprint density at radius 2 is 1.80 bits per heavy atom. The number of amides is 1. The van der Waals surface area contributed by atoms with Crippen molar-refractivity contribution < 1.29 is 53.3 Å². The van der Waals surface area contributed by atoms with E-state index in [1.54, 1.807) is 32.1 Å². The molecule has 13 nitrogen and oxygen atoms in total. The van der Waals surface area contributed by atoms with E-state index in [4.69, 9.17) is 28.4 Å². The average molecular weight is 871 g/mol. The first-order valence-corrected chi connectivity index (χ1v) is 22.6. The van der Waals surface area contributed by atoms with Gasteiger partial charge in [0.2, 0.25) is 0 Å². The molecule has 5 rings (SSSR count). The Morgan fingerprint density at radius 3 is 2.48 bits per heavy atom. The lowest BCUT2D eigenvalue weighted by atomic mass is 9.72. The number of benzene rings is 1. The van der Waals surface area contributed by atoms with Crippen LogP contribution in [-0.2, 0) is 39.8 Å². The minimum Gasteiger partial charge on any atom is -0.459 e. The molecule has 61 heavy (non-hydrogen) atoms. The van der Waals surface area contributed by atoms with Gasteiger partial charge in [0.15, 0.2) is 6.29 Å². The molecule has 2 aromatic rings. The highest BCUT2D eigenvalue weighted by molar-refractivity contribution is 7.08. The number of hydrogen-bond donors (Lipinski definition) is 4. The van der Waals surface area contributed by atoms with E-state index >= 15 is 0 Å². The predicted octanol–water partition coefficient (Wildman–Crippen LogP) is 6.49. The minimum absolute atomic E-state index is 0.0202. The summed E-state index contributed by atoms with van der Waals surface area (Å²) in [5.41, 5.74) is 1.59. The zero-order chi connectivity index (χ0) is 44.8. The minimum atomic E-state index is -1.71. The number of carbonyl (C=O) groups excluding carboxylic acids is 2. The van der Waals surface area contributed by atoms with Gasteiger partial charge in [-0.05, 0) is 118 Å². The molecule has 4 heterocycles. The number of alkyl carbamates (subject to hydrolysis) is 1. The van der Waals surface area contributed by atoms with Crippen molar-refractivity contribution >= 4 is 23.4 Å². The van der Waals surface area contributed by atoms with E-state index in [0.717, 1.165) is 22.3 Å². The number of fused-ring (bicyclic) bond motifs is 5. The quantitative estimate of drug-likeness (QED) is 0.160. The lowest BCUT2D eigenvalue weighted by Gasteiger charge is -2.48. The van der Waals surface area contributed by atoms with Crippen LogP contribution in [0.3, 0.4) is 0 Å². The molecule has 3 aliphatic rings. The molecule has 0 radical (unpaired) electrons. The normalized spacial score (nSPS) is 37.6. The number of hydrogen-bond acceptors (Lipinski definition) is 13. The summed E-state index contributed by atoms with van der Waals surface area (Å²) in [5.74, 6) is -3.30. The highest BCUT2D eigenvalue weighted by Gasteiger charge is 2.52. The SMILES string of the molecule is C=C1COC2[C@@H](C)/C(=C/COC(=O)NCc3cccc(-c4ccsc4)c3)[C@H](C)C[C@@](C)(OC1)[C@H](OC1O[C@H](C)C[C@H](N(C)C)[C@H]1O)[C@@H](C)[C@H](O)[C@@H](C)C(=O)O[C@H](CC)[C@@]2(C)O. The number of likely N-dealkylation sites (N-methyl/N-ethyl adjacent to an activating group) is 1. The van der Waals surface area contributed by atoms with Gasteiger partial charge in [0.05, 0.1) is 49.1 Å². The molecule has 3 saturated heterocycles. The van der Waals surface area contributed by atoms with Gasteiger partial charge in [-0.3, -0.25) is 4.79 Å². The summed E-state index contributed by atoms with van der Waals surface area (Å²) < 4.78 is 38.4.